The summed E-state index contributed by atoms with van der Waals surface area (Å²) >= 11 is 0. The molecule has 108 valence electrons. The van der Waals surface area contributed by atoms with Crippen LogP contribution in [0.25, 0.3) is 0 Å². The quantitative estimate of drug-likeness (QED) is 0.704. The van der Waals surface area contributed by atoms with Gasteiger partial charge in [0.05, 0.1) is 24.9 Å². The summed E-state index contributed by atoms with van der Waals surface area (Å²) in [4.78, 5) is 0. The lowest BCUT2D eigenvalue weighted by Gasteiger charge is -2.26. The van der Waals surface area contributed by atoms with E-state index in [0.29, 0.717) is 13.2 Å². The van der Waals surface area contributed by atoms with Crippen molar-refractivity contribution in [3.63, 3.8) is 0 Å². The molecule has 1 saturated heterocycles. The van der Waals surface area contributed by atoms with Crippen molar-refractivity contribution < 1.29 is 18.9 Å². The smallest absolute Gasteiger partial charge is 0.115 e. The maximum Gasteiger partial charge on any atom is 0.115 e. The van der Waals surface area contributed by atoms with E-state index in [0.717, 1.165) is 0 Å². The van der Waals surface area contributed by atoms with E-state index < -0.39 is 0 Å². The van der Waals surface area contributed by atoms with Crippen LogP contribution < -0.4 is 0 Å². The lowest BCUT2D eigenvalue weighted by molar-refractivity contribution is -0.102. The van der Waals surface area contributed by atoms with Gasteiger partial charge in [-0.3, -0.25) is 0 Å². The summed E-state index contributed by atoms with van der Waals surface area (Å²) in [6.07, 6.45) is 0.329. The van der Waals surface area contributed by atoms with Gasteiger partial charge < -0.3 is 18.9 Å². The van der Waals surface area contributed by atoms with Crippen molar-refractivity contribution in [1.82, 2.24) is 0 Å². The lowest BCUT2D eigenvalue weighted by Crippen LogP contribution is -2.40. The van der Waals surface area contributed by atoms with E-state index in [9.17, 15) is 0 Å². The Morgan fingerprint density at radius 3 is 2.22 bits per heavy atom. The molecule has 1 fully saturated rings. The molecule has 0 radical (unpaired) electrons. The molecule has 1 heterocycles. The third kappa shape index (κ3) is 4.50. The molecule has 1 aliphatic heterocycles. The zero-order valence-corrected chi connectivity index (χ0v) is 12.5. The van der Waals surface area contributed by atoms with Gasteiger partial charge in [0.25, 0.3) is 0 Å². The van der Waals surface area contributed by atoms with Crippen molar-refractivity contribution in [3.8, 4) is 0 Å². The summed E-state index contributed by atoms with van der Waals surface area (Å²) in [6, 6.07) is 0. The summed E-state index contributed by atoms with van der Waals surface area (Å²) in [6.45, 7) is 13.4. The third-order valence-electron chi connectivity index (χ3n) is 2.92. The van der Waals surface area contributed by atoms with E-state index in [1.807, 2.05) is 41.5 Å². The fourth-order valence-corrected chi connectivity index (χ4v) is 2.23. The first-order valence-electron chi connectivity index (χ1n) is 6.99. The van der Waals surface area contributed by atoms with Crippen LogP contribution in [-0.4, -0.2) is 49.8 Å². The van der Waals surface area contributed by atoms with E-state index in [2.05, 4.69) is 0 Å². The first kappa shape index (κ1) is 15.9. The first-order valence-corrected chi connectivity index (χ1v) is 6.99. The van der Waals surface area contributed by atoms with Gasteiger partial charge in [-0.25, -0.2) is 0 Å². The highest BCUT2D eigenvalue weighted by molar-refractivity contribution is 4.91. The van der Waals surface area contributed by atoms with Gasteiger partial charge in [0, 0.05) is 6.61 Å². The highest BCUT2D eigenvalue weighted by atomic mass is 16.6. The van der Waals surface area contributed by atoms with Crippen LogP contribution in [-0.2, 0) is 18.9 Å². The van der Waals surface area contributed by atoms with Crippen molar-refractivity contribution in [2.75, 3.05) is 13.2 Å². The highest BCUT2D eigenvalue weighted by Crippen LogP contribution is 2.27. The van der Waals surface area contributed by atoms with Crippen LogP contribution in [0.4, 0.5) is 0 Å². The van der Waals surface area contributed by atoms with E-state index in [1.54, 1.807) is 0 Å². The molecule has 1 aliphatic rings. The molecule has 0 aromatic rings. The standard InChI is InChI=1S/C14H28O4/c1-7-15-13-11(6)18-12(8-16-9(2)3)14(13)17-10(4)5/h9-14H,7-8H2,1-6H3/t11-,12+,13-,14+/m0/s1. The van der Waals surface area contributed by atoms with Crippen LogP contribution in [0.1, 0.15) is 41.5 Å². The molecule has 1 rings (SSSR count). The van der Waals surface area contributed by atoms with Gasteiger partial charge in [0.2, 0.25) is 0 Å². The maximum atomic E-state index is 5.96. The summed E-state index contributed by atoms with van der Waals surface area (Å²) in [5.74, 6) is 0. The van der Waals surface area contributed by atoms with Crippen molar-refractivity contribution >= 4 is 0 Å². The summed E-state index contributed by atoms with van der Waals surface area (Å²) in [5, 5.41) is 0. The predicted octanol–water partition coefficient (Wildman–Crippen LogP) is 2.40. The first-order chi connectivity index (χ1) is 8.45. The molecule has 0 spiro atoms. The van der Waals surface area contributed by atoms with Gasteiger partial charge in [-0.05, 0) is 41.5 Å². The van der Waals surface area contributed by atoms with Crippen LogP contribution in [0.5, 0.6) is 0 Å². The topological polar surface area (TPSA) is 36.9 Å². The van der Waals surface area contributed by atoms with Crippen molar-refractivity contribution in [2.24, 2.45) is 0 Å². The Labute approximate surface area is 111 Å². The van der Waals surface area contributed by atoms with E-state index in [1.165, 1.54) is 0 Å². The highest BCUT2D eigenvalue weighted by Gasteiger charge is 2.44. The van der Waals surface area contributed by atoms with Crippen molar-refractivity contribution in [1.29, 1.82) is 0 Å². The molecule has 0 N–H and O–H groups in total. The Morgan fingerprint density at radius 2 is 1.72 bits per heavy atom. The molecule has 0 bridgehead atoms. The predicted molar refractivity (Wildman–Crippen MR) is 70.8 cm³/mol. The zero-order valence-electron chi connectivity index (χ0n) is 12.5. The SMILES string of the molecule is CCO[C@@H]1[C@H](OC(C)C)[C@@H](COC(C)C)O[C@H]1C. The second kappa shape index (κ2) is 7.43. The second-order valence-corrected chi connectivity index (χ2v) is 5.33. The third-order valence-corrected chi connectivity index (χ3v) is 2.92. The minimum Gasteiger partial charge on any atom is -0.376 e. The van der Waals surface area contributed by atoms with Gasteiger partial charge in [0.15, 0.2) is 0 Å². The number of hydrogen-bond acceptors (Lipinski definition) is 4. The molecule has 0 amide bonds. The van der Waals surface area contributed by atoms with E-state index >= 15 is 0 Å². The number of ether oxygens (including phenoxy) is 4. The Hall–Kier alpha value is -0.160. The molecule has 0 unspecified atom stereocenters. The molecule has 4 atom stereocenters. The van der Waals surface area contributed by atoms with Gasteiger partial charge in [-0.2, -0.15) is 0 Å². The van der Waals surface area contributed by atoms with Crippen molar-refractivity contribution in [3.05, 3.63) is 0 Å². The monoisotopic (exact) mass is 260 g/mol. The van der Waals surface area contributed by atoms with Crippen LogP contribution in [0.2, 0.25) is 0 Å². The molecule has 18 heavy (non-hydrogen) atoms. The number of rotatable bonds is 7. The molecular formula is C14H28O4. The Morgan fingerprint density at radius 1 is 1.06 bits per heavy atom. The molecule has 4 nitrogen and oxygen atoms in total. The Bertz CT molecular complexity index is 230. The Balaban J connectivity index is 2.63. The van der Waals surface area contributed by atoms with E-state index in [4.69, 9.17) is 18.9 Å². The van der Waals surface area contributed by atoms with Crippen LogP contribution in [0, 0.1) is 0 Å². The largest absolute Gasteiger partial charge is 0.376 e. The normalized spacial score (nSPS) is 32.7. The van der Waals surface area contributed by atoms with Crippen LogP contribution in [0.15, 0.2) is 0 Å². The Kier molecular flexibility index (Phi) is 6.57. The van der Waals surface area contributed by atoms with Crippen LogP contribution >= 0.6 is 0 Å². The molecule has 0 saturated carbocycles. The molecule has 4 heteroatoms. The summed E-state index contributed by atoms with van der Waals surface area (Å²) in [5.41, 5.74) is 0. The van der Waals surface area contributed by atoms with Gasteiger partial charge >= 0.3 is 0 Å². The molecule has 0 aromatic carbocycles. The average molecular weight is 260 g/mol. The maximum absolute atomic E-state index is 5.96. The van der Waals surface area contributed by atoms with E-state index in [-0.39, 0.29) is 36.6 Å². The van der Waals surface area contributed by atoms with Gasteiger partial charge in [0.1, 0.15) is 18.3 Å². The summed E-state index contributed by atoms with van der Waals surface area (Å²) < 4.78 is 23.3. The fourth-order valence-electron chi connectivity index (χ4n) is 2.23. The number of hydrogen-bond donors (Lipinski definition) is 0. The van der Waals surface area contributed by atoms with Crippen molar-refractivity contribution in [2.45, 2.75) is 78.2 Å². The molecule has 0 aromatic heterocycles. The van der Waals surface area contributed by atoms with Gasteiger partial charge in [-0.1, -0.05) is 0 Å². The van der Waals surface area contributed by atoms with Crippen LogP contribution in [0.3, 0.4) is 0 Å². The average Bonchev–Trinajstić information content (AvgIpc) is 2.54. The zero-order chi connectivity index (χ0) is 13.7. The molecule has 0 aliphatic carbocycles. The van der Waals surface area contributed by atoms with Gasteiger partial charge in [-0.15, -0.1) is 0 Å². The lowest BCUT2D eigenvalue weighted by atomic mass is 10.1. The molecular weight excluding hydrogens is 232 g/mol. The fraction of sp³-hybridized carbons (Fsp3) is 1.00. The minimum absolute atomic E-state index is 0.00170. The second-order valence-electron chi connectivity index (χ2n) is 5.33. The summed E-state index contributed by atoms with van der Waals surface area (Å²) in [7, 11) is 0. The minimum atomic E-state index is -0.0429.